The van der Waals surface area contributed by atoms with Crippen LogP contribution < -0.4 is 0 Å². The van der Waals surface area contributed by atoms with Gasteiger partial charge in [-0.25, -0.2) is 4.39 Å². The highest BCUT2D eigenvalue weighted by atomic mass is 35.5. The first-order chi connectivity index (χ1) is 9.08. The summed E-state index contributed by atoms with van der Waals surface area (Å²) in [5.74, 6) is -0.235. The minimum Gasteiger partial charge on any atom is -0.379 e. The fraction of sp³-hybridized carbons (Fsp3) is 0.500. The van der Waals surface area contributed by atoms with Crippen LogP contribution in [0.4, 0.5) is 4.39 Å². The fourth-order valence-electron chi connectivity index (χ4n) is 1.70. The van der Waals surface area contributed by atoms with Crippen molar-refractivity contribution in [2.45, 2.75) is 12.8 Å². The van der Waals surface area contributed by atoms with Crippen molar-refractivity contribution in [3.8, 4) is 0 Å². The predicted octanol–water partition coefficient (Wildman–Crippen LogP) is 2.98. The van der Waals surface area contributed by atoms with Crippen LogP contribution >= 0.6 is 11.6 Å². The molecule has 1 aromatic carbocycles. The predicted molar refractivity (Wildman–Crippen MR) is 71.9 cm³/mol. The summed E-state index contributed by atoms with van der Waals surface area (Å²) in [7, 11) is 1.63. The van der Waals surface area contributed by atoms with Crippen molar-refractivity contribution < 1.29 is 13.9 Å². The summed E-state index contributed by atoms with van der Waals surface area (Å²) in [6.45, 7) is 1.67. The maximum atomic E-state index is 13.5. The second kappa shape index (κ2) is 6.35. The molecule has 0 saturated heterocycles. The van der Waals surface area contributed by atoms with E-state index in [0.717, 1.165) is 6.61 Å². The molecule has 0 spiro atoms. The van der Waals surface area contributed by atoms with Gasteiger partial charge in [0.15, 0.2) is 0 Å². The fourth-order valence-corrected chi connectivity index (χ4v) is 1.88. The van der Waals surface area contributed by atoms with Gasteiger partial charge in [-0.1, -0.05) is 11.6 Å². The van der Waals surface area contributed by atoms with Gasteiger partial charge in [0.05, 0.1) is 12.2 Å². The molecule has 2 rings (SSSR count). The summed E-state index contributed by atoms with van der Waals surface area (Å²) in [5.41, 5.74) is -0.00260. The van der Waals surface area contributed by atoms with Crippen molar-refractivity contribution in [2.24, 2.45) is 5.92 Å². The van der Waals surface area contributed by atoms with Crippen molar-refractivity contribution >= 4 is 17.5 Å². The van der Waals surface area contributed by atoms with Gasteiger partial charge in [0.2, 0.25) is 0 Å². The molecule has 0 N–H and O–H groups in total. The quantitative estimate of drug-likeness (QED) is 0.752. The minimum atomic E-state index is -0.555. The van der Waals surface area contributed by atoms with Crippen molar-refractivity contribution in [3.05, 3.63) is 34.6 Å². The molecule has 1 amide bonds. The standard InChI is InChI=1S/C14H17ClFNO2/c1-17(6-7-19-9-10-2-3-10)14(18)12-8-11(15)4-5-13(12)16/h4-5,8,10H,2-3,6-7,9H2,1H3. The Hall–Kier alpha value is -1.13. The molecular formula is C14H17ClFNO2. The monoisotopic (exact) mass is 285 g/mol. The van der Waals surface area contributed by atoms with Crippen molar-refractivity contribution in [1.82, 2.24) is 4.90 Å². The second-order valence-corrected chi connectivity index (χ2v) is 5.31. The SMILES string of the molecule is CN(CCOCC1CC1)C(=O)c1cc(Cl)ccc1F. The number of carbonyl (C=O) groups excluding carboxylic acids is 1. The number of amides is 1. The van der Waals surface area contributed by atoms with Crippen LogP contribution in [0.2, 0.25) is 5.02 Å². The summed E-state index contributed by atoms with van der Waals surface area (Å²) < 4.78 is 19.0. The Labute approximate surface area is 117 Å². The Balaban J connectivity index is 1.84. The summed E-state index contributed by atoms with van der Waals surface area (Å²) in [5, 5.41) is 0.350. The lowest BCUT2D eigenvalue weighted by molar-refractivity contribution is 0.0677. The van der Waals surface area contributed by atoms with E-state index >= 15 is 0 Å². The maximum Gasteiger partial charge on any atom is 0.256 e. The number of benzene rings is 1. The molecule has 0 aliphatic heterocycles. The molecule has 1 saturated carbocycles. The van der Waals surface area contributed by atoms with E-state index in [-0.39, 0.29) is 11.5 Å². The summed E-state index contributed by atoms with van der Waals surface area (Å²) in [4.78, 5) is 13.5. The molecule has 0 bridgehead atoms. The third-order valence-corrected chi connectivity index (χ3v) is 3.36. The van der Waals surface area contributed by atoms with E-state index in [4.69, 9.17) is 16.3 Å². The van der Waals surface area contributed by atoms with Crippen LogP contribution in [0, 0.1) is 11.7 Å². The highest BCUT2D eigenvalue weighted by Gasteiger charge is 2.21. The molecule has 0 aromatic heterocycles. The van der Waals surface area contributed by atoms with Crippen LogP contribution in [0.1, 0.15) is 23.2 Å². The number of carbonyl (C=O) groups is 1. The first kappa shape index (κ1) is 14.3. The van der Waals surface area contributed by atoms with Crippen LogP contribution in [0.3, 0.4) is 0 Å². The average Bonchev–Trinajstić information content (AvgIpc) is 3.20. The zero-order valence-electron chi connectivity index (χ0n) is 10.9. The molecule has 1 fully saturated rings. The van der Waals surface area contributed by atoms with Gasteiger partial charge in [-0.05, 0) is 37.0 Å². The lowest BCUT2D eigenvalue weighted by atomic mass is 10.2. The van der Waals surface area contributed by atoms with E-state index in [0.29, 0.717) is 24.1 Å². The molecule has 0 radical (unpaired) electrons. The number of likely N-dealkylation sites (N-methyl/N-ethyl adjacent to an activating group) is 1. The van der Waals surface area contributed by atoms with Crippen LogP contribution in [-0.2, 0) is 4.74 Å². The molecule has 1 aliphatic carbocycles. The third-order valence-electron chi connectivity index (χ3n) is 3.13. The Bertz CT molecular complexity index is 463. The van der Waals surface area contributed by atoms with Gasteiger partial charge in [0.1, 0.15) is 5.82 Å². The molecule has 5 heteroatoms. The number of hydrogen-bond acceptors (Lipinski definition) is 2. The van der Waals surface area contributed by atoms with Gasteiger partial charge in [0.25, 0.3) is 5.91 Å². The normalized spacial score (nSPS) is 14.5. The summed E-state index contributed by atoms with van der Waals surface area (Å²) in [6.07, 6.45) is 2.48. The van der Waals surface area contributed by atoms with E-state index < -0.39 is 5.82 Å². The van der Waals surface area contributed by atoms with E-state index in [9.17, 15) is 9.18 Å². The summed E-state index contributed by atoms with van der Waals surface area (Å²) in [6, 6.07) is 3.97. The topological polar surface area (TPSA) is 29.5 Å². The zero-order chi connectivity index (χ0) is 13.8. The first-order valence-electron chi connectivity index (χ1n) is 6.36. The van der Waals surface area contributed by atoms with Crippen LogP contribution in [0.25, 0.3) is 0 Å². The Morgan fingerprint density at radius 3 is 2.95 bits per heavy atom. The van der Waals surface area contributed by atoms with Gasteiger partial charge in [-0.2, -0.15) is 0 Å². The van der Waals surface area contributed by atoms with Crippen LogP contribution in [-0.4, -0.2) is 37.6 Å². The van der Waals surface area contributed by atoms with E-state index in [2.05, 4.69) is 0 Å². The van der Waals surface area contributed by atoms with Crippen LogP contribution in [0.5, 0.6) is 0 Å². The van der Waals surface area contributed by atoms with Gasteiger partial charge in [-0.15, -0.1) is 0 Å². The Morgan fingerprint density at radius 1 is 1.53 bits per heavy atom. The summed E-state index contributed by atoms with van der Waals surface area (Å²) >= 11 is 5.77. The molecule has 3 nitrogen and oxygen atoms in total. The highest BCUT2D eigenvalue weighted by Crippen LogP contribution is 2.28. The molecule has 0 unspecified atom stereocenters. The van der Waals surface area contributed by atoms with E-state index in [1.54, 1.807) is 7.05 Å². The Morgan fingerprint density at radius 2 is 2.26 bits per heavy atom. The molecule has 1 aromatic rings. The van der Waals surface area contributed by atoms with Crippen molar-refractivity contribution in [3.63, 3.8) is 0 Å². The first-order valence-corrected chi connectivity index (χ1v) is 6.74. The number of ether oxygens (including phenoxy) is 1. The average molecular weight is 286 g/mol. The zero-order valence-corrected chi connectivity index (χ0v) is 11.6. The van der Waals surface area contributed by atoms with Gasteiger partial charge >= 0.3 is 0 Å². The molecule has 104 valence electrons. The van der Waals surface area contributed by atoms with Crippen molar-refractivity contribution in [1.29, 1.82) is 0 Å². The van der Waals surface area contributed by atoms with E-state index in [1.165, 1.54) is 35.9 Å². The largest absolute Gasteiger partial charge is 0.379 e. The molecule has 0 heterocycles. The molecule has 1 aliphatic rings. The minimum absolute atomic E-state index is 0.00260. The number of halogens is 2. The third kappa shape index (κ3) is 4.18. The highest BCUT2D eigenvalue weighted by molar-refractivity contribution is 6.30. The molecule has 0 atom stereocenters. The number of hydrogen-bond donors (Lipinski definition) is 0. The number of rotatable bonds is 6. The smallest absolute Gasteiger partial charge is 0.256 e. The van der Waals surface area contributed by atoms with Crippen molar-refractivity contribution in [2.75, 3.05) is 26.8 Å². The maximum absolute atomic E-state index is 13.5. The van der Waals surface area contributed by atoms with E-state index in [1.807, 2.05) is 0 Å². The molecular weight excluding hydrogens is 269 g/mol. The van der Waals surface area contributed by atoms with Gasteiger partial charge < -0.3 is 9.64 Å². The molecule has 19 heavy (non-hydrogen) atoms. The second-order valence-electron chi connectivity index (χ2n) is 4.87. The number of nitrogens with zero attached hydrogens (tertiary/aromatic N) is 1. The lowest BCUT2D eigenvalue weighted by Crippen LogP contribution is -2.31. The Kier molecular flexibility index (Phi) is 4.77. The van der Waals surface area contributed by atoms with Gasteiger partial charge in [0, 0.05) is 25.2 Å². The van der Waals surface area contributed by atoms with Crippen LogP contribution in [0.15, 0.2) is 18.2 Å². The van der Waals surface area contributed by atoms with Gasteiger partial charge in [-0.3, -0.25) is 4.79 Å². The lowest BCUT2D eigenvalue weighted by Gasteiger charge is -2.17.